The molecule has 0 amide bonds. The first-order valence-corrected chi connectivity index (χ1v) is 6.11. The number of aryl methyl sites for hydroxylation is 2. The van der Waals surface area contributed by atoms with Crippen molar-refractivity contribution in [1.82, 2.24) is 9.78 Å². The summed E-state index contributed by atoms with van der Waals surface area (Å²) in [5.41, 5.74) is 3.32. The molecule has 0 saturated carbocycles. The Balaban J connectivity index is 2.27. The van der Waals surface area contributed by atoms with Crippen LogP contribution in [0.25, 0.3) is 0 Å². The molecule has 1 aromatic carbocycles. The van der Waals surface area contributed by atoms with Crippen molar-refractivity contribution in [3.05, 3.63) is 46.8 Å². The molecule has 19 heavy (non-hydrogen) atoms. The van der Waals surface area contributed by atoms with Crippen LogP contribution in [-0.2, 0) is 7.05 Å². The number of anilines is 1. The van der Waals surface area contributed by atoms with Crippen LogP contribution < -0.4 is 5.32 Å². The molecule has 1 heterocycles. The fraction of sp³-hybridized carbons (Fsp3) is 0.357. The van der Waals surface area contributed by atoms with Gasteiger partial charge in [0.25, 0.3) is 0 Å². The van der Waals surface area contributed by atoms with Gasteiger partial charge in [0.15, 0.2) is 0 Å². The Morgan fingerprint density at radius 1 is 1.16 bits per heavy atom. The van der Waals surface area contributed by atoms with E-state index in [1.165, 1.54) is 12.1 Å². The summed E-state index contributed by atoms with van der Waals surface area (Å²) in [6.07, 6.45) is 0. The second kappa shape index (κ2) is 4.99. The minimum atomic E-state index is -0.566. The van der Waals surface area contributed by atoms with Gasteiger partial charge in [-0.2, -0.15) is 5.10 Å². The average Bonchev–Trinajstić information content (AvgIpc) is 2.54. The highest BCUT2D eigenvalue weighted by Crippen LogP contribution is 2.25. The van der Waals surface area contributed by atoms with Gasteiger partial charge in [-0.05, 0) is 38.5 Å². The van der Waals surface area contributed by atoms with Gasteiger partial charge >= 0.3 is 0 Å². The number of benzene rings is 1. The second-order valence-electron chi connectivity index (χ2n) is 4.74. The molecule has 1 atom stereocenters. The van der Waals surface area contributed by atoms with Crippen LogP contribution >= 0.6 is 0 Å². The number of hydrogen-bond acceptors (Lipinski definition) is 2. The van der Waals surface area contributed by atoms with Crippen LogP contribution in [0.3, 0.4) is 0 Å². The molecule has 2 rings (SSSR count). The summed E-state index contributed by atoms with van der Waals surface area (Å²) in [5.74, 6) is -1.13. The molecule has 0 radical (unpaired) electrons. The zero-order chi connectivity index (χ0) is 14.2. The summed E-state index contributed by atoms with van der Waals surface area (Å²) < 4.78 is 28.2. The van der Waals surface area contributed by atoms with Crippen molar-refractivity contribution in [2.75, 3.05) is 5.32 Å². The van der Waals surface area contributed by atoms with Gasteiger partial charge in [0, 0.05) is 19.2 Å². The molecule has 1 unspecified atom stereocenters. The Bertz CT molecular complexity index is 585. The lowest BCUT2D eigenvalue weighted by Crippen LogP contribution is -2.09. The first kappa shape index (κ1) is 13.5. The van der Waals surface area contributed by atoms with Gasteiger partial charge in [0.2, 0.25) is 0 Å². The van der Waals surface area contributed by atoms with Gasteiger partial charge in [-0.15, -0.1) is 0 Å². The molecule has 3 nitrogen and oxygen atoms in total. The number of nitrogens with one attached hydrogen (secondary N) is 1. The number of nitrogens with zero attached hydrogens (tertiary/aromatic N) is 2. The number of rotatable bonds is 3. The van der Waals surface area contributed by atoms with Crippen LogP contribution in [0.4, 0.5) is 14.5 Å². The number of aromatic nitrogens is 2. The SMILES string of the molecule is Cc1nn(C)c(C)c1NC(C)c1cc(F)cc(F)c1. The van der Waals surface area contributed by atoms with Crippen LogP contribution in [-0.4, -0.2) is 9.78 Å². The third-order valence-electron chi connectivity index (χ3n) is 3.25. The van der Waals surface area contributed by atoms with E-state index in [9.17, 15) is 8.78 Å². The molecule has 0 saturated heterocycles. The van der Waals surface area contributed by atoms with Crippen molar-refractivity contribution in [3.63, 3.8) is 0 Å². The van der Waals surface area contributed by atoms with Crippen molar-refractivity contribution in [2.24, 2.45) is 7.05 Å². The summed E-state index contributed by atoms with van der Waals surface area (Å²) >= 11 is 0. The molecular formula is C14H17F2N3. The van der Waals surface area contributed by atoms with Crippen LogP contribution in [0, 0.1) is 25.5 Å². The minimum absolute atomic E-state index is 0.202. The van der Waals surface area contributed by atoms with Gasteiger partial charge in [-0.1, -0.05) is 0 Å². The maximum Gasteiger partial charge on any atom is 0.126 e. The molecule has 1 aromatic heterocycles. The first-order chi connectivity index (χ1) is 8.88. The maximum atomic E-state index is 13.2. The normalized spacial score (nSPS) is 12.5. The Morgan fingerprint density at radius 2 is 1.74 bits per heavy atom. The number of halogens is 2. The molecule has 102 valence electrons. The van der Waals surface area contributed by atoms with Crippen molar-refractivity contribution < 1.29 is 8.78 Å². The standard InChI is InChI=1S/C14H17F2N3/c1-8(11-5-12(15)7-13(16)6-11)17-14-9(2)18-19(4)10(14)3/h5-8,17H,1-4H3. The maximum absolute atomic E-state index is 13.2. The monoisotopic (exact) mass is 265 g/mol. The predicted octanol–water partition coefficient (Wildman–Crippen LogP) is 3.49. The van der Waals surface area contributed by atoms with E-state index < -0.39 is 11.6 Å². The molecule has 0 aliphatic carbocycles. The Morgan fingerprint density at radius 3 is 2.21 bits per heavy atom. The van der Waals surface area contributed by atoms with E-state index in [2.05, 4.69) is 10.4 Å². The van der Waals surface area contributed by atoms with Crippen molar-refractivity contribution in [3.8, 4) is 0 Å². The van der Waals surface area contributed by atoms with Gasteiger partial charge in [-0.25, -0.2) is 8.78 Å². The van der Waals surface area contributed by atoms with Crippen LogP contribution in [0.1, 0.15) is 29.9 Å². The smallest absolute Gasteiger partial charge is 0.126 e. The molecular weight excluding hydrogens is 248 g/mol. The van der Waals surface area contributed by atoms with E-state index in [0.29, 0.717) is 5.56 Å². The molecule has 0 bridgehead atoms. The van der Waals surface area contributed by atoms with E-state index in [1.807, 2.05) is 27.8 Å². The lowest BCUT2D eigenvalue weighted by molar-refractivity contribution is 0.577. The topological polar surface area (TPSA) is 29.9 Å². The Kier molecular flexibility index (Phi) is 3.55. The first-order valence-electron chi connectivity index (χ1n) is 6.11. The minimum Gasteiger partial charge on any atom is -0.376 e. The van der Waals surface area contributed by atoms with Gasteiger partial charge in [0.1, 0.15) is 11.6 Å². The Hall–Kier alpha value is -1.91. The average molecular weight is 265 g/mol. The fourth-order valence-corrected chi connectivity index (χ4v) is 2.11. The molecule has 0 aliphatic rings. The van der Waals surface area contributed by atoms with Crippen LogP contribution in [0.15, 0.2) is 18.2 Å². The van der Waals surface area contributed by atoms with Crippen LogP contribution in [0.5, 0.6) is 0 Å². The lowest BCUT2D eigenvalue weighted by Gasteiger charge is -2.16. The molecule has 2 aromatic rings. The summed E-state index contributed by atoms with van der Waals surface area (Å²) in [6, 6.07) is 3.34. The van der Waals surface area contributed by atoms with Gasteiger partial charge < -0.3 is 5.32 Å². The summed E-state index contributed by atoms with van der Waals surface area (Å²) in [6.45, 7) is 5.70. The zero-order valence-electron chi connectivity index (χ0n) is 11.5. The van der Waals surface area contributed by atoms with Gasteiger partial charge in [0.05, 0.1) is 17.1 Å². The summed E-state index contributed by atoms with van der Waals surface area (Å²) in [7, 11) is 1.86. The molecule has 1 N–H and O–H groups in total. The lowest BCUT2D eigenvalue weighted by atomic mass is 10.1. The quantitative estimate of drug-likeness (QED) is 0.920. The summed E-state index contributed by atoms with van der Waals surface area (Å²) in [4.78, 5) is 0. The van der Waals surface area contributed by atoms with Crippen molar-refractivity contribution in [1.29, 1.82) is 0 Å². The highest BCUT2D eigenvalue weighted by atomic mass is 19.1. The number of hydrogen-bond donors (Lipinski definition) is 1. The highest BCUT2D eigenvalue weighted by Gasteiger charge is 2.14. The van der Waals surface area contributed by atoms with E-state index in [0.717, 1.165) is 23.1 Å². The third kappa shape index (κ3) is 2.75. The van der Waals surface area contributed by atoms with E-state index in [1.54, 1.807) is 4.68 Å². The fourth-order valence-electron chi connectivity index (χ4n) is 2.11. The van der Waals surface area contributed by atoms with Crippen molar-refractivity contribution in [2.45, 2.75) is 26.8 Å². The molecule has 5 heteroatoms. The molecule has 0 aliphatic heterocycles. The van der Waals surface area contributed by atoms with Crippen molar-refractivity contribution >= 4 is 5.69 Å². The van der Waals surface area contributed by atoms with Gasteiger partial charge in [-0.3, -0.25) is 4.68 Å². The van der Waals surface area contributed by atoms with E-state index in [-0.39, 0.29) is 6.04 Å². The zero-order valence-corrected chi connectivity index (χ0v) is 11.5. The molecule has 0 fully saturated rings. The second-order valence-corrected chi connectivity index (χ2v) is 4.74. The Labute approximate surface area is 111 Å². The summed E-state index contributed by atoms with van der Waals surface area (Å²) in [5, 5.41) is 7.55. The predicted molar refractivity (Wildman–Crippen MR) is 71.1 cm³/mol. The van der Waals surface area contributed by atoms with E-state index in [4.69, 9.17) is 0 Å². The van der Waals surface area contributed by atoms with E-state index >= 15 is 0 Å². The highest BCUT2D eigenvalue weighted by molar-refractivity contribution is 5.53. The largest absolute Gasteiger partial charge is 0.376 e. The molecule has 0 spiro atoms. The third-order valence-corrected chi connectivity index (χ3v) is 3.25. The van der Waals surface area contributed by atoms with Crippen LogP contribution in [0.2, 0.25) is 0 Å².